The summed E-state index contributed by atoms with van der Waals surface area (Å²) in [4.78, 5) is 4.69. The topological polar surface area (TPSA) is 73.8 Å². The van der Waals surface area contributed by atoms with Crippen molar-refractivity contribution < 1.29 is 8.42 Å². The van der Waals surface area contributed by atoms with E-state index in [-0.39, 0.29) is 6.04 Å². The summed E-state index contributed by atoms with van der Waals surface area (Å²) in [6, 6.07) is 5.43. The maximum Gasteiger partial charge on any atom is 0.211 e. The predicted molar refractivity (Wildman–Crippen MR) is 113 cm³/mol. The summed E-state index contributed by atoms with van der Waals surface area (Å²) in [6.45, 7) is 6.58. The van der Waals surface area contributed by atoms with Gasteiger partial charge in [-0.2, -0.15) is 0 Å². The zero-order valence-corrected chi connectivity index (χ0v) is 18.3. The molecule has 1 saturated heterocycles. The number of nitrogens with one attached hydrogen (secondary N) is 2. The van der Waals surface area contributed by atoms with Crippen LogP contribution in [-0.4, -0.2) is 51.1 Å². The first-order chi connectivity index (χ1) is 12.7. The van der Waals surface area contributed by atoms with Crippen LogP contribution in [0.4, 0.5) is 0 Å². The molecule has 1 aromatic rings. The number of benzene rings is 1. The molecule has 0 spiro atoms. The molecule has 2 rings (SSSR count). The number of nitrogens with zero attached hydrogens (tertiary/aromatic N) is 2. The van der Waals surface area contributed by atoms with Crippen molar-refractivity contribution in [2.75, 3.05) is 32.4 Å². The van der Waals surface area contributed by atoms with E-state index in [1.807, 2.05) is 26.0 Å². The number of aliphatic imine (C=N–C) groups is 1. The van der Waals surface area contributed by atoms with Gasteiger partial charge in [-0.15, -0.1) is 0 Å². The standard InChI is InChI=1S/C18H28Cl2N4O2S/c1-4-21-18(23-13(2)16-6-5-15(19)11-17(16)20)22-12-14-7-9-24(10-8-14)27(3,25)26/h5-6,11,13-14H,4,7-10,12H2,1-3H3,(H2,21,22,23). The van der Waals surface area contributed by atoms with Crippen LogP contribution in [0.25, 0.3) is 0 Å². The number of hydrogen-bond donors (Lipinski definition) is 2. The SMILES string of the molecule is CCNC(=NCC1CCN(S(C)(=O)=O)CC1)NC(C)c1ccc(Cl)cc1Cl. The molecule has 27 heavy (non-hydrogen) atoms. The molecule has 1 aliphatic heterocycles. The van der Waals surface area contributed by atoms with E-state index in [9.17, 15) is 8.42 Å². The summed E-state index contributed by atoms with van der Waals surface area (Å²) in [5.74, 6) is 1.11. The molecule has 1 atom stereocenters. The summed E-state index contributed by atoms with van der Waals surface area (Å²) < 4.78 is 24.8. The van der Waals surface area contributed by atoms with Crippen molar-refractivity contribution in [2.45, 2.75) is 32.7 Å². The molecule has 1 unspecified atom stereocenters. The Balaban J connectivity index is 1.96. The molecule has 0 bridgehead atoms. The maximum absolute atomic E-state index is 11.6. The van der Waals surface area contributed by atoms with Gasteiger partial charge in [0.1, 0.15) is 0 Å². The van der Waals surface area contributed by atoms with Gasteiger partial charge in [-0.25, -0.2) is 12.7 Å². The van der Waals surface area contributed by atoms with E-state index in [2.05, 4.69) is 10.6 Å². The smallest absolute Gasteiger partial charge is 0.211 e. The number of guanidine groups is 1. The van der Waals surface area contributed by atoms with Gasteiger partial charge >= 0.3 is 0 Å². The van der Waals surface area contributed by atoms with Gasteiger partial charge in [-0.05, 0) is 50.3 Å². The van der Waals surface area contributed by atoms with Crippen molar-refractivity contribution in [2.24, 2.45) is 10.9 Å². The Morgan fingerprint density at radius 3 is 2.56 bits per heavy atom. The van der Waals surface area contributed by atoms with Gasteiger partial charge in [0.05, 0.1) is 12.3 Å². The van der Waals surface area contributed by atoms with Crippen LogP contribution < -0.4 is 10.6 Å². The lowest BCUT2D eigenvalue weighted by atomic mass is 9.98. The Hall–Kier alpha value is -1.02. The fraction of sp³-hybridized carbons (Fsp3) is 0.611. The van der Waals surface area contributed by atoms with Gasteiger partial charge in [0.25, 0.3) is 0 Å². The lowest BCUT2D eigenvalue weighted by Crippen LogP contribution is -2.40. The normalized spacial score (nSPS) is 18.3. The zero-order chi connectivity index (χ0) is 20.0. The van der Waals surface area contributed by atoms with Crippen LogP contribution in [0, 0.1) is 5.92 Å². The van der Waals surface area contributed by atoms with Crippen LogP contribution >= 0.6 is 23.2 Å². The molecule has 2 N–H and O–H groups in total. The van der Waals surface area contributed by atoms with Gasteiger partial charge < -0.3 is 10.6 Å². The Bertz CT molecular complexity index is 763. The molecule has 0 aromatic heterocycles. The molecule has 0 amide bonds. The van der Waals surface area contributed by atoms with E-state index in [4.69, 9.17) is 28.2 Å². The fourth-order valence-electron chi connectivity index (χ4n) is 3.10. The molecular weight excluding hydrogens is 407 g/mol. The maximum atomic E-state index is 11.6. The average molecular weight is 435 g/mol. The minimum absolute atomic E-state index is 0.0281. The second-order valence-electron chi connectivity index (χ2n) is 6.86. The lowest BCUT2D eigenvalue weighted by Gasteiger charge is -2.29. The molecule has 1 aliphatic rings. The van der Waals surface area contributed by atoms with Crippen molar-refractivity contribution in [3.63, 3.8) is 0 Å². The van der Waals surface area contributed by atoms with E-state index in [0.717, 1.165) is 30.9 Å². The zero-order valence-electron chi connectivity index (χ0n) is 16.0. The third kappa shape index (κ3) is 6.82. The minimum Gasteiger partial charge on any atom is -0.357 e. The average Bonchev–Trinajstić information content (AvgIpc) is 2.59. The molecule has 152 valence electrons. The first kappa shape index (κ1) is 22.3. The van der Waals surface area contributed by atoms with Crippen molar-refractivity contribution in [1.29, 1.82) is 0 Å². The summed E-state index contributed by atoms with van der Waals surface area (Å²) in [5, 5.41) is 7.85. The van der Waals surface area contributed by atoms with Gasteiger partial charge in [-0.3, -0.25) is 4.99 Å². The Labute approximate surface area is 172 Å². The van der Waals surface area contributed by atoms with Gasteiger partial charge in [-0.1, -0.05) is 29.3 Å². The first-order valence-electron chi connectivity index (χ1n) is 9.15. The van der Waals surface area contributed by atoms with Gasteiger partial charge in [0.15, 0.2) is 5.96 Å². The van der Waals surface area contributed by atoms with E-state index >= 15 is 0 Å². The molecule has 9 heteroatoms. The van der Waals surface area contributed by atoms with E-state index in [1.54, 1.807) is 10.4 Å². The third-order valence-electron chi connectivity index (χ3n) is 4.68. The van der Waals surface area contributed by atoms with Gasteiger partial charge in [0, 0.05) is 36.2 Å². The number of halogens is 2. The van der Waals surface area contributed by atoms with Crippen LogP contribution in [0.5, 0.6) is 0 Å². The quantitative estimate of drug-likeness (QED) is 0.531. The largest absolute Gasteiger partial charge is 0.357 e. The van der Waals surface area contributed by atoms with Crippen LogP contribution in [0.1, 0.15) is 38.3 Å². The van der Waals surface area contributed by atoms with E-state index < -0.39 is 10.0 Å². The molecular formula is C18H28Cl2N4O2S. The molecule has 1 aromatic carbocycles. The fourth-order valence-corrected chi connectivity index (χ4v) is 4.55. The highest BCUT2D eigenvalue weighted by Crippen LogP contribution is 2.26. The Kier molecular flexibility index (Phi) is 8.21. The number of hydrogen-bond acceptors (Lipinski definition) is 3. The highest BCUT2D eigenvalue weighted by molar-refractivity contribution is 7.88. The Morgan fingerprint density at radius 1 is 1.33 bits per heavy atom. The van der Waals surface area contributed by atoms with Crippen molar-refractivity contribution in [3.05, 3.63) is 33.8 Å². The molecule has 6 nitrogen and oxygen atoms in total. The molecule has 0 aliphatic carbocycles. The van der Waals surface area contributed by atoms with Crippen molar-refractivity contribution >= 4 is 39.2 Å². The van der Waals surface area contributed by atoms with Crippen molar-refractivity contribution in [3.8, 4) is 0 Å². The molecule has 1 heterocycles. The molecule has 1 fully saturated rings. The monoisotopic (exact) mass is 434 g/mol. The Morgan fingerprint density at radius 2 is 2.00 bits per heavy atom. The lowest BCUT2D eigenvalue weighted by molar-refractivity contribution is 0.280. The number of rotatable bonds is 6. The second kappa shape index (κ2) is 9.96. The van der Waals surface area contributed by atoms with Gasteiger partial charge in [0.2, 0.25) is 10.0 Å². The molecule has 0 saturated carbocycles. The second-order valence-corrected chi connectivity index (χ2v) is 9.68. The minimum atomic E-state index is -3.09. The third-order valence-corrected chi connectivity index (χ3v) is 6.54. The molecule has 0 radical (unpaired) electrons. The summed E-state index contributed by atoms with van der Waals surface area (Å²) in [7, 11) is -3.09. The number of sulfonamides is 1. The predicted octanol–water partition coefficient (Wildman–Crippen LogP) is 3.28. The van der Waals surface area contributed by atoms with Crippen LogP contribution in [0.2, 0.25) is 10.0 Å². The van der Waals surface area contributed by atoms with Crippen LogP contribution in [0.3, 0.4) is 0 Å². The highest BCUT2D eigenvalue weighted by Gasteiger charge is 2.24. The van der Waals surface area contributed by atoms with E-state index in [1.165, 1.54) is 6.26 Å². The van der Waals surface area contributed by atoms with Crippen LogP contribution in [0.15, 0.2) is 23.2 Å². The summed E-state index contributed by atoms with van der Waals surface area (Å²) in [5.41, 5.74) is 0.952. The summed E-state index contributed by atoms with van der Waals surface area (Å²) in [6.07, 6.45) is 2.92. The van der Waals surface area contributed by atoms with E-state index in [0.29, 0.717) is 35.6 Å². The summed E-state index contributed by atoms with van der Waals surface area (Å²) >= 11 is 12.3. The first-order valence-corrected chi connectivity index (χ1v) is 11.8. The highest BCUT2D eigenvalue weighted by atomic mass is 35.5. The van der Waals surface area contributed by atoms with Crippen LogP contribution in [-0.2, 0) is 10.0 Å². The van der Waals surface area contributed by atoms with Crippen molar-refractivity contribution in [1.82, 2.24) is 14.9 Å². The number of piperidine rings is 1.